The lowest BCUT2D eigenvalue weighted by Gasteiger charge is -2.19. The van der Waals surface area contributed by atoms with Gasteiger partial charge in [-0.3, -0.25) is 4.79 Å². The quantitative estimate of drug-likeness (QED) is 0.393. The first-order valence-corrected chi connectivity index (χ1v) is 10.6. The molecule has 0 aliphatic heterocycles. The summed E-state index contributed by atoms with van der Waals surface area (Å²) in [6, 6.07) is 10.2. The molecule has 4 rings (SSSR count). The number of benzene rings is 2. The lowest BCUT2D eigenvalue weighted by atomic mass is 9.98. The minimum atomic E-state index is -4.50. The summed E-state index contributed by atoms with van der Waals surface area (Å²) in [6.07, 6.45) is -2.80. The molecule has 4 aromatic rings. The molecule has 0 bridgehead atoms. The van der Waals surface area contributed by atoms with E-state index in [9.17, 15) is 18.0 Å². The maximum Gasteiger partial charge on any atom is 0.416 e. The number of pyridine rings is 1. The van der Waals surface area contributed by atoms with Crippen molar-refractivity contribution < 1.29 is 13.2 Å². The van der Waals surface area contributed by atoms with E-state index in [1.54, 1.807) is 33.2 Å². The number of aryl methyl sites for hydroxylation is 3. The van der Waals surface area contributed by atoms with Gasteiger partial charge < -0.3 is 15.6 Å². The number of aromatic nitrogens is 3. The highest BCUT2D eigenvalue weighted by Gasteiger charge is 2.31. The van der Waals surface area contributed by atoms with Gasteiger partial charge in [-0.05, 0) is 79.4 Å². The molecule has 34 heavy (non-hydrogen) atoms. The van der Waals surface area contributed by atoms with Gasteiger partial charge in [-0.25, -0.2) is 9.97 Å². The number of nitrogen functional groups attached to an aromatic ring is 1. The van der Waals surface area contributed by atoms with Crippen molar-refractivity contribution in [2.24, 2.45) is 7.05 Å². The van der Waals surface area contributed by atoms with E-state index in [-0.39, 0.29) is 11.2 Å². The average Bonchev–Trinajstić information content (AvgIpc) is 2.74. The van der Waals surface area contributed by atoms with Crippen molar-refractivity contribution in [3.05, 3.63) is 81.5 Å². The van der Waals surface area contributed by atoms with Crippen LogP contribution in [0.3, 0.4) is 0 Å². The van der Waals surface area contributed by atoms with E-state index in [0.29, 0.717) is 28.1 Å². The number of nitrogens with one attached hydrogen (secondary N) is 1. The van der Waals surface area contributed by atoms with E-state index >= 15 is 0 Å². The Morgan fingerprint density at radius 1 is 1.06 bits per heavy atom. The van der Waals surface area contributed by atoms with Gasteiger partial charge in [0.25, 0.3) is 5.56 Å². The van der Waals surface area contributed by atoms with Gasteiger partial charge in [0.2, 0.25) is 0 Å². The highest BCUT2D eigenvalue weighted by atomic mass is 19.4. The predicted octanol–water partition coefficient (Wildman–Crippen LogP) is 5.39. The van der Waals surface area contributed by atoms with Crippen molar-refractivity contribution >= 4 is 22.4 Å². The van der Waals surface area contributed by atoms with Crippen molar-refractivity contribution in [2.75, 3.05) is 11.1 Å². The van der Waals surface area contributed by atoms with Crippen LogP contribution in [0.25, 0.3) is 22.0 Å². The third-order valence-electron chi connectivity index (χ3n) is 5.73. The van der Waals surface area contributed by atoms with E-state index in [2.05, 4.69) is 15.3 Å². The number of fused-ring (bicyclic) bond motifs is 1. The number of anilines is 2. The summed E-state index contributed by atoms with van der Waals surface area (Å²) >= 11 is 0. The van der Waals surface area contributed by atoms with Crippen LogP contribution < -0.4 is 16.6 Å². The van der Waals surface area contributed by atoms with Crippen molar-refractivity contribution in [2.45, 2.75) is 33.0 Å². The molecule has 3 N–H and O–H groups in total. The number of halogens is 3. The molecule has 0 aliphatic carbocycles. The fourth-order valence-electron chi connectivity index (χ4n) is 3.91. The fourth-order valence-corrected chi connectivity index (χ4v) is 3.91. The van der Waals surface area contributed by atoms with Crippen molar-refractivity contribution in [1.82, 2.24) is 14.5 Å². The molecule has 0 spiro atoms. The highest BCUT2D eigenvalue weighted by Crippen LogP contribution is 2.35. The first kappa shape index (κ1) is 23.3. The Morgan fingerprint density at radius 3 is 2.47 bits per heavy atom. The van der Waals surface area contributed by atoms with Crippen LogP contribution in [0.4, 0.5) is 24.7 Å². The van der Waals surface area contributed by atoms with Gasteiger partial charge in [-0.1, -0.05) is 0 Å². The lowest BCUT2D eigenvalue weighted by molar-refractivity contribution is -0.137. The molecule has 176 valence electrons. The molecule has 0 fully saturated rings. The Labute approximate surface area is 194 Å². The molecular weight excluding hydrogens is 443 g/mol. The maximum absolute atomic E-state index is 13.3. The zero-order valence-corrected chi connectivity index (χ0v) is 19.2. The normalized spacial score (nSPS) is 12.7. The lowest BCUT2D eigenvalue weighted by Crippen LogP contribution is -2.14. The average molecular weight is 467 g/mol. The Hall–Kier alpha value is -3.88. The standard InChI is InChI=1S/C25H24F3N5O/c1-13-7-22-21(12-20(13)16-5-6-33(4)23(34)10-16)24(32-15(3)31-22)30-14(2)17-8-18(25(26,27)28)11-19(29)9-17/h5-12,14H,29H2,1-4H3,(H,30,31,32)/t14-/m1/s1. The maximum atomic E-state index is 13.3. The van der Waals surface area contributed by atoms with Crippen LogP contribution in [0.15, 0.2) is 53.5 Å². The zero-order valence-electron chi connectivity index (χ0n) is 19.2. The zero-order chi connectivity index (χ0) is 24.8. The molecule has 0 aliphatic rings. The van der Waals surface area contributed by atoms with Gasteiger partial charge in [0.15, 0.2) is 0 Å². The monoisotopic (exact) mass is 467 g/mol. The number of rotatable bonds is 4. The Kier molecular flexibility index (Phi) is 5.80. The molecule has 2 heterocycles. The smallest absolute Gasteiger partial charge is 0.399 e. The van der Waals surface area contributed by atoms with Crippen LogP contribution in [0, 0.1) is 13.8 Å². The number of alkyl halides is 3. The van der Waals surface area contributed by atoms with E-state index in [1.165, 1.54) is 10.6 Å². The topological polar surface area (TPSA) is 85.8 Å². The van der Waals surface area contributed by atoms with Crippen LogP contribution in [-0.4, -0.2) is 14.5 Å². The minimum Gasteiger partial charge on any atom is -0.399 e. The molecule has 0 amide bonds. The molecular formula is C25H24F3N5O. The van der Waals surface area contributed by atoms with Gasteiger partial charge in [0, 0.05) is 30.4 Å². The van der Waals surface area contributed by atoms with Crippen molar-refractivity contribution in [3.8, 4) is 11.1 Å². The highest BCUT2D eigenvalue weighted by molar-refractivity contribution is 5.94. The predicted molar refractivity (Wildman–Crippen MR) is 128 cm³/mol. The first-order valence-electron chi connectivity index (χ1n) is 10.6. The van der Waals surface area contributed by atoms with Crippen molar-refractivity contribution in [3.63, 3.8) is 0 Å². The first-order chi connectivity index (χ1) is 15.9. The fraction of sp³-hybridized carbons (Fsp3) is 0.240. The van der Waals surface area contributed by atoms with Gasteiger partial charge in [0.05, 0.1) is 17.1 Å². The van der Waals surface area contributed by atoms with Crippen LogP contribution in [0.2, 0.25) is 0 Å². The van der Waals surface area contributed by atoms with Crippen LogP contribution >= 0.6 is 0 Å². The van der Waals surface area contributed by atoms with Crippen LogP contribution in [0.5, 0.6) is 0 Å². The number of nitrogens with two attached hydrogens (primary N) is 1. The third-order valence-corrected chi connectivity index (χ3v) is 5.73. The van der Waals surface area contributed by atoms with E-state index in [0.717, 1.165) is 28.8 Å². The molecule has 0 unspecified atom stereocenters. The van der Waals surface area contributed by atoms with Crippen molar-refractivity contribution in [1.29, 1.82) is 0 Å². The van der Waals surface area contributed by atoms with Crippen LogP contribution in [0.1, 0.15) is 35.5 Å². The summed E-state index contributed by atoms with van der Waals surface area (Å²) in [6.45, 7) is 5.43. The molecule has 6 nitrogen and oxygen atoms in total. The molecule has 0 saturated carbocycles. The number of hydrogen-bond donors (Lipinski definition) is 2. The second-order valence-corrected chi connectivity index (χ2v) is 8.42. The third kappa shape index (κ3) is 4.59. The van der Waals surface area contributed by atoms with Gasteiger partial charge in [0.1, 0.15) is 11.6 Å². The molecule has 9 heteroatoms. The molecule has 0 radical (unpaired) electrons. The summed E-state index contributed by atoms with van der Waals surface area (Å²) < 4.78 is 41.3. The Balaban J connectivity index is 1.80. The van der Waals surface area contributed by atoms with Crippen LogP contribution in [-0.2, 0) is 13.2 Å². The Bertz CT molecular complexity index is 1460. The number of nitrogens with zero attached hydrogens (tertiary/aromatic N) is 3. The summed E-state index contributed by atoms with van der Waals surface area (Å²) in [7, 11) is 1.68. The molecule has 0 saturated heterocycles. The second-order valence-electron chi connectivity index (χ2n) is 8.42. The van der Waals surface area contributed by atoms with Gasteiger partial charge >= 0.3 is 6.18 Å². The van der Waals surface area contributed by atoms with E-state index < -0.39 is 17.8 Å². The minimum absolute atomic E-state index is 0.0331. The second kappa shape index (κ2) is 8.48. The largest absolute Gasteiger partial charge is 0.416 e. The number of hydrogen-bond acceptors (Lipinski definition) is 5. The van der Waals surface area contributed by atoms with Gasteiger partial charge in [-0.15, -0.1) is 0 Å². The van der Waals surface area contributed by atoms with E-state index in [1.807, 2.05) is 25.1 Å². The van der Waals surface area contributed by atoms with Gasteiger partial charge in [-0.2, -0.15) is 13.2 Å². The SMILES string of the molecule is Cc1nc(N[C@H](C)c2cc(N)cc(C(F)(F)F)c2)c2cc(-c3ccn(C)c(=O)c3)c(C)cc2n1. The summed E-state index contributed by atoms with van der Waals surface area (Å²) in [4.78, 5) is 21.2. The molecule has 2 aromatic heterocycles. The summed E-state index contributed by atoms with van der Waals surface area (Å²) in [5, 5.41) is 3.92. The molecule has 2 aromatic carbocycles. The molecule has 1 atom stereocenters. The summed E-state index contributed by atoms with van der Waals surface area (Å²) in [5.74, 6) is 1.00. The van der Waals surface area contributed by atoms with E-state index in [4.69, 9.17) is 5.73 Å². The Morgan fingerprint density at radius 2 is 1.79 bits per heavy atom. The summed E-state index contributed by atoms with van der Waals surface area (Å²) in [5.41, 5.74) is 8.45.